The lowest BCUT2D eigenvalue weighted by Crippen LogP contribution is -2.34. The van der Waals surface area contributed by atoms with Crippen LogP contribution < -0.4 is 17.2 Å². The molecular weight excluding hydrogens is 252 g/mol. The van der Waals surface area contributed by atoms with Crippen LogP contribution in [0.25, 0.3) is 11.5 Å². The van der Waals surface area contributed by atoms with E-state index < -0.39 is 12.0 Å². The van der Waals surface area contributed by atoms with Gasteiger partial charge in [-0.05, 0) is 6.07 Å². The number of nitrogen functional groups attached to an aromatic ring is 2. The van der Waals surface area contributed by atoms with E-state index in [-0.39, 0.29) is 24.3 Å². The summed E-state index contributed by atoms with van der Waals surface area (Å²) >= 11 is 0. The van der Waals surface area contributed by atoms with Crippen molar-refractivity contribution in [2.24, 2.45) is 5.73 Å². The number of anilines is 2. The summed E-state index contributed by atoms with van der Waals surface area (Å²) in [5.41, 5.74) is 16.7. The van der Waals surface area contributed by atoms with Gasteiger partial charge in [-0.3, -0.25) is 9.48 Å². The molecule has 2 heterocycles. The van der Waals surface area contributed by atoms with E-state index in [0.717, 1.165) is 0 Å². The molecule has 0 aliphatic heterocycles. The van der Waals surface area contributed by atoms with Crippen LogP contribution in [-0.4, -0.2) is 41.9 Å². The molecule has 2 aromatic rings. The van der Waals surface area contributed by atoms with Crippen molar-refractivity contribution in [2.45, 2.75) is 12.6 Å². The number of carbonyl (C=O) groups is 1. The quantitative estimate of drug-likeness (QED) is 0.502. The second kappa shape index (κ2) is 4.86. The third kappa shape index (κ3) is 2.93. The lowest BCUT2D eigenvalue weighted by molar-refractivity contribution is -0.138. The van der Waals surface area contributed by atoms with Crippen LogP contribution in [0.15, 0.2) is 12.3 Å². The maximum atomic E-state index is 10.6. The SMILES string of the molecule is Nc1nc(N)nc(-c2ccn(CC(N)C(=O)O)n2)n1. The summed E-state index contributed by atoms with van der Waals surface area (Å²) in [6, 6.07) is 0.559. The van der Waals surface area contributed by atoms with Gasteiger partial charge in [-0.1, -0.05) is 0 Å². The van der Waals surface area contributed by atoms with Gasteiger partial charge >= 0.3 is 5.97 Å². The van der Waals surface area contributed by atoms with Crippen LogP contribution in [-0.2, 0) is 11.3 Å². The number of nitrogens with zero attached hydrogens (tertiary/aromatic N) is 5. The third-order valence-corrected chi connectivity index (χ3v) is 2.24. The summed E-state index contributed by atoms with van der Waals surface area (Å²) in [4.78, 5) is 22.0. The van der Waals surface area contributed by atoms with E-state index in [0.29, 0.717) is 5.69 Å². The zero-order valence-corrected chi connectivity index (χ0v) is 9.76. The summed E-state index contributed by atoms with van der Waals surface area (Å²) in [5, 5.41) is 12.8. The molecule has 0 fully saturated rings. The molecule has 0 radical (unpaired) electrons. The van der Waals surface area contributed by atoms with Crippen molar-refractivity contribution < 1.29 is 9.90 Å². The van der Waals surface area contributed by atoms with Crippen LogP contribution in [0.2, 0.25) is 0 Å². The second-order valence-corrected chi connectivity index (χ2v) is 3.74. The summed E-state index contributed by atoms with van der Waals surface area (Å²) in [6.45, 7) is 0.0331. The highest BCUT2D eigenvalue weighted by Crippen LogP contribution is 2.13. The van der Waals surface area contributed by atoms with Gasteiger partial charge in [0.1, 0.15) is 11.7 Å². The maximum Gasteiger partial charge on any atom is 0.322 e. The van der Waals surface area contributed by atoms with E-state index in [2.05, 4.69) is 20.1 Å². The summed E-state index contributed by atoms with van der Waals surface area (Å²) in [7, 11) is 0. The third-order valence-electron chi connectivity index (χ3n) is 2.24. The summed E-state index contributed by atoms with van der Waals surface area (Å²) < 4.78 is 1.38. The predicted molar refractivity (Wildman–Crippen MR) is 65.5 cm³/mol. The van der Waals surface area contributed by atoms with Gasteiger partial charge in [0.2, 0.25) is 11.9 Å². The minimum Gasteiger partial charge on any atom is -0.480 e. The Kier molecular flexibility index (Phi) is 3.25. The van der Waals surface area contributed by atoms with Crippen LogP contribution >= 0.6 is 0 Å². The first-order valence-corrected chi connectivity index (χ1v) is 5.25. The van der Waals surface area contributed by atoms with Gasteiger partial charge in [0.15, 0.2) is 5.82 Å². The molecule has 10 heteroatoms. The Morgan fingerprint density at radius 3 is 2.53 bits per heavy atom. The number of carboxylic acids is 1. The van der Waals surface area contributed by atoms with Crippen LogP contribution in [0.5, 0.6) is 0 Å². The van der Waals surface area contributed by atoms with Crippen molar-refractivity contribution in [3.05, 3.63) is 12.3 Å². The van der Waals surface area contributed by atoms with Crippen molar-refractivity contribution >= 4 is 17.9 Å². The molecule has 100 valence electrons. The first-order chi connectivity index (χ1) is 8.95. The summed E-state index contributed by atoms with van der Waals surface area (Å²) in [5.74, 6) is -0.920. The Bertz CT molecular complexity index is 590. The maximum absolute atomic E-state index is 10.6. The molecule has 1 unspecified atom stereocenters. The van der Waals surface area contributed by atoms with Gasteiger partial charge in [-0.2, -0.15) is 20.1 Å². The normalized spacial score (nSPS) is 12.3. The van der Waals surface area contributed by atoms with Crippen molar-refractivity contribution in [1.29, 1.82) is 0 Å². The van der Waals surface area contributed by atoms with Crippen molar-refractivity contribution in [3.63, 3.8) is 0 Å². The molecular formula is C9H12N8O2. The number of aliphatic carboxylic acids is 1. The van der Waals surface area contributed by atoms with Crippen LogP contribution in [0.3, 0.4) is 0 Å². The average Bonchev–Trinajstić information content (AvgIpc) is 2.76. The lowest BCUT2D eigenvalue weighted by atomic mass is 10.3. The highest BCUT2D eigenvalue weighted by molar-refractivity contribution is 5.72. The fourth-order valence-corrected chi connectivity index (χ4v) is 1.39. The fraction of sp³-hybridized carbons (Fsp3) is 0.222. The van der Waals surface area contributed by atoms with Gasteiger partial charge in [-0.25, -0.2) is 0 Å². The lowest BCUT2D eigenvalue weighted by Gasteiger charge is -2.05. The average molecular weight is 264 g/mol. The Morgan fingerprint density at radius 1 is 1.32 bits per heavy atom. The summed E-state index contributed by atoms with van der Waals surface area (Å²) in [6.07, 6.45) is 1.56. The highest BCUT2D eigenvalue weighted by Gasteiger charge is 2.14. The molecule has 1 atom stereocenters. The molecule has 0 aliphatic carbocycles. The molecule has 0 amide bonds. The van der Waals surface area contributed by atoms with E-state index in [1.54, 1.807) is 12.3 Å². The van der Waals surface area contributed by atoms with Gasteiger partial charge in [0, 0.05) is 6.20 Å². The molecule has 2 rings (SSSR count). The molecule has 0 aromatic carbocycles. The first kappa shape index (κ1) is 12.7. The number of hydrogen-bond acceptors (Lipinski definition) is 8. The minimum atomic E-state index is -1.11. The molecule has 0 saturated heterocycles. The van der Waals surface area contributed by atoms with Gasteiger partial charge < -0.3 is 22.3 Å². The molecule has 19 heavy (non-hydrogen) atoms. The largest absolute Gasteiger partial charge is 0.480 e. The Hall–Kier alpha value is -2.75. The monoisotopic (exact) mass is 264 g/mol. The molecule has 0 aliphatic rings. The molecule has 0 saturated carbocycles. The van der Waals surface area contributed by atoms with Crippen molar-refractivity contribution in [1.82, 2.24) is 24.7 Å². The van der Waals surface area contributed by atoms with Gasteiger partial charge in [0.05, 0.1) is 6.54 Å². The highest BCUT2D eigenvalue weighted by atomic mass is 16.4. The number of aromatic nitrogens is 5. The zero-order chi connectivity index (χ0) is 14.0. The standard InChI is InChI=1S/C9H12N8O2/c10-4(7(18)19)3-17-2-1-5(16-17)6-13-8(11)15-9(12)14-6/h1-2,4H,3,10H2,(H,18,19)(H4,11,12,13,14,15). The van der Waals surface area contributed by atoms with E-state index in [1.807, 2.05) is 0 Å². The number of hydrogen-bond donors (Lipinski definition) is 4. The minimum absolute atomic E-state index is 0.0145. The first-order valence-electron chi connectivity index (χ1n) is 5.25. The Labute approximate surface area is 107 Å². The van der Waals surface area contributed by atoms with Gasteiger partial charge in [-0.15, -0.1) is 0 Å². The van der Waals surface area contributed by atoms with E-state index in [9.17, 15) is 4.79 Å². The Morgan fingerprint density at radius 2 is 1.95 bits per heavy atom. The molecule has 2 aromatic heterocycles. The Balaban J connectivity index is 2.23. The smallest absolute Gasteiger partial charge is 0.322 e. The fourth-order valence-electron chi connectivity index (χ4n) is 1.39. The van der Waals surface area contributed by atoms with Crippen molar-refractivity contribution in [2.75, 3.05) is 11.5 Å². The van der Waals surface area contributed by atoms with E-state index >= 15 is 0 Å². The number of carboxylic acid groups (broad SMARTS) is 1. The number of nitrogens with two attached hydrogens (primary N) is 3. The van der Waals surface area contributed by atoms with Crippen LogP contribution in [0, 0.1) is 0 Å². The van der Waals surface area contributed by atoms with E-state index in [1.165, 1.54) is 4.68 Å². The molecule has 0 spiro atoms. The van der Waals surface area contributed by atoms with Gasteiger partial charge in [0.25, 0.3) is 0 Å². The number of rotatable bonds is 4. The molecule has 10 nitrogen and oxygen atoms in total. The van der Waals surface area contributed by atoms with E-state index in [4.69, 9.17) is 22.3 Å². The van der Waals surface area contributed by atoms with Crippen LogP contribution in [0.1, 0.15) is 0 Å². The molecule has 0 bridgehead atoms. The van der Waals surface area contributed by atoms with Crippen molar-refractivity contribution in [3.8, 4) is 11.5 Å². The second-order valence-electron chi connectivity index (χ2n) is 3.74. The zero-order valence-electron chi connectivity index (χ0n) is 9.76. The molecule has 7 N–H and O–H groups in total. The predicted octanol–water partition coefficient (Wildman–Crippen LogP) is -1.69. The topological polar surface area (TPSA) is 172 Å². The van der Waals surface area contributed by atoms with Crippen LogP contribution in [0.4, 0.5) is 11.9 Å².